The molecule has 0 saturated heterocycles. The average molecular weight is 322 g/mol. The smallest absolute Gasteiger partial charge is 0.0631 e. The van der Waals surface area contributed by atoms with E-state index in [2.05, 4.69) is 108 Å². The standard InChI is InChI=1S/C22H43N/c1-16(2)22(15,19(7,8)9)23(20(10,11)12)17(3)21(13,14)18(4,5)6/h1,3H2,2,4-15H3. The van der Waals surface area contributed by atoms with Crippen LogP contribution < -0.4 is 0 Å². The number of rotatable bonds is 4. The van der Waals surface area contributed by atoms with E-state index in [1.165, 1.54) is 11.3 Å². The molecule has 0 fully saturated rings. The van der Waals surface area contributed by atoms with E-state index in [4.69, 9.17) is 0 Å². The molecule has 0 bridgehead atoms. The maximum Gasteiger partial charge on any atom is 0.0631 e. The van der Waals surface area contributed by atoms with Crippen LogP contribution in [0, 0.1) is 16.2 Å². The Morgan fingerprint density at radius 3 is 1.17 bits per heavy atom. The van der Waals surface area contributed by atoms with Gasteiger partial charge in [0.15, 0.2) is 0 Å². The van der Waals surface area contributed by atoms with Gasteiger partial charge in [0.05, 0.1) is 5.54 Å². The molecule has 0 aliphatic carbocycles. The molecule has 23 heavy (non-hydrogen) atoms. The second-order valence-electron chi connectivity index (χ2n) is 10.9. The summed E-state index contributed by atoms with van der Waals surface area (Å²) in [5.74, 6) is 0. The largest absolute Gasteiger partial charge is 0.360 e. The van der Waals surface area contributed by atoms with Crippen molar-refractivity contribution in [2.45, 2.75) is 101 Å². The quantitative estimate of drug-likeness (QED) is 0.501. The summed E-state index contributed by atoms with van der Waals surface area (Å²) in [5.41, 5.74) is 2.31. The highest BCUT2D eigenvalue weighted by molar-refractivity contribution is 5.27. The first-order valence-corrected chi connectivity index (χ1v) is 8.88. The normalized spacial score (nSPS) is 16.7. The van der Waals surface area contributed by atoms with E-state index in [0.717, 1.165) is 0 Å². The molecule has 0 rings (SSSR count). The first kappa shape index (κ1) is 22.3. The van der Waals surface area contributed by atoms with Crippen molar-refractivity contribution in [1.82, 2.24) is 4.90 Å². The van der Waals surface area contributed by atoms with Gasteiger partial charge in [-0.15, -0.1) is 0 Å². The molecule has 0 aromatic rings. The molecule has 136 valence electrons. The lowest BCUT2D eigenvalue weighted by atomic mass is 9.63. The maximum absolute atomic E-state index is 4.61. The molecule has 0 heterocycles. The van der Waals surface area contributed by atoms with E-state index in [1.807, 2.05) is 0 Å². The third kappa shape index (κ3) is 3.86. The molecule has 1 atom stereocenters. The Labute approximate surface area is 147 Å². The van der Waals surface area contributed by atoms with E-state index in [-0.39, 0.29) is 27.3 Å². The molecule has 1 unspecified atom stereocenters. The van der Waals surface area contributed by atoms with Crippen LogP contribution >= 0.6 is 0 Å². The highest BCUT2D eigenvalue weighted by atomic mass is 15.3. The van der Waals surface area contributed by atoms with Gasteiger partial charge in [0.1, 0.15) is 0 Å². The lowest BCUT2D eigenvalue weighted by Gasteiger charge is -2.61. The first-order valence-electron chi connectivity index (χ1n) is 8.88. The second-order valence-corrected chi connectivity index (χ2v) is 10.9. The van der Waals surface area contributed by atoms with E-state index in [9.17, 15) is 0 Å². The molecule has 0 aromatic carbocycles. The Morgan fingerprint density at radius 1 is 0.652 bits per heavy atom. The molecule has 1 nitrogen and oxygen atoms in total. The van der Waals surface area contributed by atoms with Crippen LogP contribution in [-0.4, -0.2) is 16.0 Å². The van der Waals surface area contributed by atoms with Crippen molar-refractivity contribution in [3.8, 4) is 0 Å². The van der Waals surface area contributed by atoms with Gasteiger partial charge in [0.25, 0.3) is 0 Å². The van der Waals surface area contributed by atoms with E-state index >= 15 is 0 Å². The minimum absolute atomic E-state index is 0.0256. The number of allylic oxidation sites excluding steroid dienone is 1. The second kappa shape index (κ2) is 5.97. The zero-order valence-electron chi connectivity index (χ0n) is 18.4. The molecule has 0 aromatic heterocycles. The number of nitrogens with zero attached hydrogens (tertiary/aromatic N) is 1. The molecule has 0 amide bonds. The SMILES string of the molecule is C=C(N(C(C)(C)C)C(C)(C(=C)C)C(C)(C)C)C(C)(C)C(C)(C)C. The Kier molecular flexibility index (Phi) is 5.79. The van der Waals surface area contributed by atoms with Crippen LogP contribution in [0.15, 0.2) is 24.4 Å². The molecule has 0 N–H and O–H groups in total. The van der Waals surface area contributed by atoms with Gasteiger partial charge in [-0.2, -0.15) is 0 Å². The van der Waals surface area contributed by atoms with Crippen LogP contribution in [-0.2, 0) is 0 Å². The highest BCUT2D eigenvalue weighted by Gasteiger charge is 2.51. The highest BCUT2D eigenvalue weighted by Crippen LogP contribution is 2.52. The zero-order valence-corrected chi connectivity index (χ0v) is 18.4. The summed E-state index contributed by atoms with van der Waals surface area (Å²) >= 11 is 0. The number of hydrogen-bond acceptors (Lipinski definition) is 1. The van der Waals surface area contributed by atoms with Crippen molar-refractivity contribution in [2.24, 2.45) is 16.2 Å². The summed E-state index contributed by atoms with van der Waals surface area (Å²) in [5, 5.41) is 0. The fourth-order valence-corrected chi connectivity index (χ4v) is 3.22. The predicted octanol–water partition coefficient (Wildman–Crippen LogP) is 7.05. The Bertz CT molecular complexity index is 460. The van der Waals surface area contributed by atoms with Gasteiger partial charge in [-0.1, -0.05) is 74.1 Å². The van der Waals surface area contributed by atoms with Gasteiger partial charge in [-0.25, -0.2) is 0 Å². The topological polar surface area (TPSA) is 3.24 Å². The number of hydrogen-bond donors (Lipinski definition) is 0. The lowest BCUT2D eigenvalue weighted by Crippen LogP contribution is -2.63. The van der Waals surface area contributed by atoms with Gasteiger partial charge in [0, 0.05) is 16.7 Å². The Morgan fingerprint density at radius 2 is 1.00 bits per heavy atom. The summed E-state index contributed by atoms with van der Waals surface area (Å²) < 4.78 is 0. The van der Waals surface area contributed by atoms with Crippen molar-refractivity contribution in [1.29, 1.82) is 0 Å². The Balaban J connectivity index is 6.53. The minimum atomic E-state index is -0.176. The van der Waals surface area contributed by atoms with Crippen molar-refractivity contribution >= 4 is 0 Å². The fraction of sp³-hybridized carbons (Fsp3) is 0.818. The van der Waals surface area contributed by atoms with Crippen molar-refractivity contribution < 1.29 is 0 Å². The molecule has 1 heteroatoms. The first-order chi connectivity index (χ1) is 9.72. The van der Waals surface area contributed by atoms with Crippen LogP contribution in [0.4, 0.5) is 0 Å². The average Bonchev–Trinajstić information content (AvgIpc) is 2.23. The molecule has 0 radical (unpaired) electrons. The monoisotopic (exact) mass is 321 g/mol. The van der Waals surface area contributed by atoms with Gasteiger partial charge in [-0.3, -0.25) is 0 Å². The van der Waals surface area contributed by atoms with Crippen LogP contribution in [0.5, 0.6) is 0 Å². The minimum Gasteiger partial charge on any atom is -0.360 e. The lowest BCUT2D eigenvalue weighted by molar-refractivity contribution is -0.0292. The van der Waals surface area contributed by atoms with E-state index in [1.54, 1.807) is 0 Å². The van der Waals surface area contributed by atoms with Crippen LogP contribution in [0.2, 0.25) is 0 Å². The van der Waals surface area contributed by atoms with Gasteiger partial charge in [-0.05, 0) is 45.4 Å². The summed E-state index contributed by atoms with van der Waals surface area (Å²) in [6, 6.07) is 0. The molecular weight excluding hydrogens is 278 g/mol. The molecule has 0 spiro atoms. The molecule has 0 aliphatic heterocycles. The van der Waals surface area contributed by atoms with Crippen molar-refractivity contribution in [3.63, 3.8) is 0 Å². The summed E-state index contributed by atoms with van der Waals surface area (Å²) in [7, 11) is 0. The van der Waals surface area contributed by atoms with Crippen molar-refractivity contribution in [3.05, 3.63) is 24.4 Å². The summed E-state index contributed by atoms with van der Waals surface area (Å²) in [4.78, 5) is 2.54. The van der Waals surface area contributed by atoms with E-state index in [0.29, 0.717) is 0 Å². The maximum atomic E-state index is 4.61. The van der Waals surface area contributed by atoms with E-state index < -0.39 is 0 Å². The molecule has 0 saturated carbocycles. The van der Waals surface area contributed by atoms with Gasteiger partial charge < -0.3 is 4.90 Å². The van der Waals surface area contributed by atoms with Crippen LogP contribution in [0.3, 0.4) is 0 Å². The molecular formula is C22H43N. The van der Waals surface area contributed by atoms with Crippen molar-refractivity contribution in [2.75, 3.05) is 0 Å². The van der Waals surface area contributed by atoms with Gasteiger partial charge in [0.2, 0.25) is 0 Å². The van der Waals surface area contributed by atoms with Crippen LogP contribution in [0.25, 0.3) is 0 Å². The predicted molar refractivity (Wildman–Crippen MR) is 107 cm³/mol. The summed E-state index contributed by atoms with van der Waals surface area (Å²) in [6.07, 6.45) is 0. The fourth-order valence-electron chi connectivity index (χ4n) is 3.22. The third-order valence-corrected chi connectivity index (χ3v) is 6.28. The molecule has 0 aliphatic rings. The van der Waals surface area contributed by atoms with Gasteiger partial charge >= 0.3 is 0 Å². The summed E-state index contributed by atoms with van der Waals surface area (Å²) in [6.45, 7) is 38.7. The zero-order chi connectivity index (χ0) is 19.2. The van der Waals surface area contributed by atoms with Crippen LogP contribution in [0.1, 0.15) is 90.0 Å². The third-order valence-electron chi connectivity index (χ3n) is 6.28. The Hall–Kier alpha value is -0.720.